The zero-order valence-corrected chi connectivity index (χ0v) is 20.0. The van der Waals surface area contributed by atoms with Crippen molar-refractivity contribution in [2.45, 2.75) is 19.0 Å². The summed E-state index contributed by atoms with van der Waals surface area (Å²) in [5.74, 6) is -1.68. The van der Waals surface area contributed by atoms with E-state index in [2.05, 4.69) is 77.7 Å². The van der Waals surface area contributed by atoms with Crippen LogP contribution < -0.4 is 20.8 Å². The molecule has 0 amide bonds. The Balaban J connectivity index is 1.76. The van der Waals surface area contributed by atoms with Crippen molar-refractivity contribution < 1.29 is 0 Å². The first-order valence-electron chi connectivity index (χ1n) is 11.1. The van der Waals surface area contributed by atoms with E-state index in [1.807, 2.05) is 29.9 Å². The molecule has 1 aliphatic heterocycles. The Morgan fingerprint density at radius 3 is 1.62 bits per heavy atom. The standard InChI is InChI=1S/C26H28ClN4P/c1-30-25(28-26(29-30)31-19-11-12-20-31)21-32(27,22-13-5-2-6-14-22,23-15-7-3-8-16-23)24-17-9-4-10-18-24/h2-10,13-18H,11-12,19-21H2,1H3. The zero-order valence-electron chi connectivity index (χ0n) is 18.3. The molecule has 1 saturated heterocycles. The van der Waals surface area contributed by atoms with Gasteiger partial charge < -0.3 is 0 Å². The number of rotatable bonds is 6. The topological polar surface area (TPSA) is 34.0 Å². The fourth-order valence-electron chi connectivity index (χ4n) is 4.79. The molecular formula is C26H28ClN4P. The Hall–Kier alpha value is -2.68. The molecule has 32 heavy (non-hydrogen) atoms. The molecule has 6 heteroatoms. The predicted molar refractivity (Wildman–Crippen MR) is 137 cm³/mol. The van der Waals surface area contributed by atoms with Gasteiger partial charge in [0.1, 0.15) is 0 Å². The quantitative estimate of drug-likeness (QED) is 0.393. The maximum atomic E-state index is 8.19. The summed E-state index contributed by atoms with van der Waals surface area (Å²) in [7, 11) is 1.99. The van der Waals surface area contributed by atoms with Crippen LogP contribution in [0.4, 0.5) is 5.95 Å². The summed E-state index contributed by atoms with van der Waals surface area (Å²) in [6, 6.07) is 31.6. The number of aromatic nitrogens is 3. The molecule has 4 aromatic rings. The number of benzene rings is 3. The molecule has 0 radical (unpaired) electrons. The monoisotopic (exact) mass is 462 g/mol. The number of halogens is 1. The number of hydrogen-bond donors (Lipinski definition) is 0. The molecule has 0 unspecified atom stereocenters. The van der Waals surface area contributed by atoms with Crippen molar-refractivity contribution in [3.8, 4) is 0 Å². The van der Waals surface area contributed by atoms with Gasteiger partial charge in [-0.15, -0.1) is 0 Å². The van der Waals surface area contributed by atoms with Crippen LogP contribution in [0.2, 0.25) is 0 Å². The van der Waals surface area contributed by atoms with Crippen molar-refractivity contribution in [3.63, 3.8) is 0 Å². The van der Waals surface area contributed by atoms with E-state index >= 15 is 0 Å². The SMILES string of the molecule is Cn1nc(N2CCCC2)nc1CP(Cl)(c1ccccc1)(c1ccccc1)c1ccccc1. The normalized spacial score (nSPS) is 15.4. The van der Waals surface area contributed by atoms with Gasteiger partial charge in [-0.2, -0.15) is 0 Å². The molecule has 3 aromatic carbocycles. The predicted octanol–water partition coefficient (Wildman–Crippen LogP) is 4.60. The van der Waals surface area contributed by atoms with Gasteiger partial charge >= 0.3 is 195 Å². The van der Waals surface area contributed by atoms with Crippen LogP contribution in [0.1, 0.15) is 18.7 Å². The number of aryl methyl sites for hydroxylation is 1. The van der Waals surface area contributed by atoms with Gasteiger partial charge in [-0.25, -0.2) is 0 Å². The number of hydrogen-bond acceptors (Lipinski definition) is 3. The van der Waals surface area contributed by atoms with E-state index in [1.54, 1.807) is 0 Å². The van der Waals surface area contributed by atoms with E-state index in [9.17, 15) is 0 Å². The molecule has 5 rings (SSSR count). The maximum absolute atomic E-state index is 8.19. The Morgan fingerprint density at radius 2 is 1.19 bits per heavy atom. The third-order valence-corrected chi connectivity index (χ3v) is 13.7. The van der Waals surface area contributed by atoms with Crippen molar-refractivity contribution in [2.24, 2.45) is 7.05 Å². The molecule has 1 aliphatic rings. The first-order chi connectivity index (χ1) is 15.6. The second kappa shape index (κ2) is 8.35. The van der Waals surface area contributed by atoms with Gasteiger partial charge in [0.05, 0.1) is 0 Å². The van der Waals surface area contributed by atoms with Gasteiger partial charge in [-0.3, -0.25) is 0 Å². The summed E-state index contributed by atoms with van der Waals surface area (Å²) >= 11 is 8.19. The Bertz CT molecular complexity index is 1090. The average Bonchev–Trinajstić information content (AvgIpc) is 3.51. The summed E-state index contributed by atoms with van der Waals surface area (Å²) in [5, 5.41) is 8.21. The Labute approximate surface area is 194 Å². The molecule has 2 heterocycles. The molecule has 0 bridgehead atoms. The van der Waals surface area contributed by atoms with Crippen LogP contribution in [0.15, 0.2) is 91.0 Å². The summed E-state index contributed by atoms with van der Waals surface area (Å²) in [4.78, 5) is 7.30. The van der Waals surface area contributed by atoms with Gasteiger partial charge in [0.25, 0.3) is 0 Å². The molecule has 164 valence electrons. The molecule has 0 atom stereocenters. The minimum absolute atomic E-state index is 0.600. The summed E-state index contributed by atoms with van der Waals surface area (Å²) in [6.07, 6.45) is 2.99. The molecule has 4 nitrogen and oxygen atoms in total. The fourth-order valence-corrected chi connectivity index (χ4v) is 10.8. The van der Waals surface area contributed by atoms with Crippen LogP contribution in [0.25, 0.3) is 0 Å². The summed E-state index contributed by atoms with van der Waals surface area (Å²) < 4.78 is 1.92. The van der Waals surface area contributed by atoms with Gasteiger partial charge in [-0.1, -0.05) is 0 Å². The molecule has 0 saturated carbocycles. The minimum atomic E-state index is -3.41. The third-order valence-electron chi connectivity index (χ3n) is 6.55. The third kappa shape index (κ3) is 3.43. The zero-order chi connectivity index (χ0) is 22.0. The summed E-state index contributed by atoms with van der Waals surface area (Å²) in [6.45, 7) is 2.04. The first kappa shape index (κ1) is 21.2. The number of nitrogens with zero attached hydrogens (tertiary/aromatic N) is 4. The van der Waals surface area contributed by atoms with Crippen LogP contribution in [-0.4, -0.2) is 27.9 Å². The molecule has 0 aliphatic carbocycles. The second-order valence-electron chi connectivity index (χ2n) is 8.49. The van der Waals surface area contributed by atoms with Crippen molar-refractivity contribution in [1.29, 1.82) is 0 Å². The molecular weight excluding hydrogens is 435 g/mol. The van der Waals surface area contributed by atoms with Gasteiger partial charge in [0.15, 0.2) is 0 Å². The second-order valence-corrected chi connectivity index (χ2v) is 15.0. The van der Waals surface area contributed by atoms with E-state index in [4.69, 9.17) is 21.3 Å². The van der Waals surface area contributed by atoms with Crippen LogP contribution >= 0.6 is 17.2 Å². The van der Waals surface area contributed by atoms with Crippen molar-refractivity contribution in [3.05, 3.63) is 96.8 Å². The molecule has 1 fully saturated rings. The first-order valence-corrected chi connectivity index (χ1v) is 14.5. The van der Waals surface area contributed by atoms with E-state index in [0.29, 0.717) is 6.16 Å². The van der Waals surface area contributed by atoms with Crippen LogP contribution in [0.3, 0.4) is 0 Å². The Morgan fingerprint density at radius 1 is 0.750 bits per heavy atom. The van der Waals surface area contributed by atoms with Crippen molar-refractivity contribution in [2.75, 3.05) is 18.0 Å². The van der Waals surface area contributed by atoms with E-state index < -0.39 is 5.96 Å². The van der Waals surface area contributed by atoms with Gasteiger partial charge in [0, 0.05) is 0 Å². The van der Waals surface area contributed by atoms with Gasteiger partial charge in [0.2, 0.25) is 0 Å². The van der Waals surface area contributed by atoms with Crippen LogP contribution in [0, 0.1) is 0 Å². The number of anilines is 1. The van der Waals surface area contributed by atoms with Crippen LogP contribution in [-0.2, 0) is 13.2 Å². The van der Waals surface area contributed by atoms with Gasteiger partial charge in [-0.05, 0) is 0 Å². The molecule has 0 spiro atoms. The van der Waals surface area contributed by atoms with Crippen LogP contribution in [0.5, 0.6) is 0 Å². The molecule has 1 aromatic heterocycles. The van der Waals surface area contributed by atoms with Crippen molar-refractivity contribution in [1.82, 2.24) is 14.8 Å². The fraction of sp³-hybridized carbons (Fsp3) is 0.231. The van der Waals surface area contributed by atoms with E-state index in [0.717, 1.165) is 40.8 Å². The van der Waals surface area contributed by atoms with E-state index in [1.165, 1.54) is 12.8 Å². The molecule has 0 N–H and O–H groups in total. The summed E-state index contributed by atoms with van der Waals surface area (Å²) in [5.41, 5.74) is 0. The Kier molecular flexibility index (Phi) is 5.53. The average molecular weight is 463 g/mol. The van der Waals surface area contributed by atoms with E-state index in [-0.39, 0.29) is 0 Å². The van der Waals surface area contributed by atoms with Crippen molar-refractivity contribution >= 4 is 39.1 Å².